The van der Waals surface area contributed by atoms with Gasteiger partial charge in [-0.15, -0.1) is 0 Å². The minimum atomic E-state index is 0.123. The van der Waals surface area contributed by atoms with Gasteiger partial charge in [0.15, 0.2) is 0 Å². The van der Waals surface area contributed by atoms with Crippen LogP contribution >= 0.6 is 0 Å². The van der Waals surface area contributed by atoms with Gasteiger partial charge in [0.05, 0.1) is 6.54 Å². The monoisotopic (exact) mass is 240 g/mol. The molecule has 2 fully saturated rings. The molecule has 1 aliphatic heterocycles. The van der Waals surface area contributed by atoms with Crippen LogP contribution in [0, 0.1) is 11.3 Å². The Balaban J connectivity index is 1.57. The smallest absolute Gasteiger partial charge is 0.233 e. The van der Waals surface area contributed by atoms with Gasteiger partial charge in [-0.2, -0.15) is 0 Å². The molecular weight excluding hydrogens is 216 g/mol. The van der Waals surface area contributed by atoms with Crippen molar-refractivity contribution in [1.82, 2.24) is 10.6 Å². The molecule has 17 heavy (non-hydrogen) atoms. The quantitative estimate of drug-likeness (QED) is 0.726. The molecule has 4 heteroatoms. The lowest BCUT2D eigenvalue weighted by Crippen LogP contribution is -2.42. The Morgan fingerprint density at radius 1 is 1.35 bits per heavy atom. The lowest BCUT2D eigenvalue weighted by Gasteiger charge is -2.33. The normalized spacial score (nSPS) is 23.4. The van der Waals surface area contributed by atoms with Crippen LogP contribution < -0.4 is 10.6 Å². The number of amides is 1. The Labute approximate surface area is 103 Å². The molecule has 1 saturated carbocycles. The lowest BCUT2D eigenvalue weighted by molar-refractivity contribution is -0.121. The molecule has 0 atom stereocenters. The third-order valence-corrected chi connectivity index (χ3v) is 3.83. The molecule has 2 rings (SSSR count). The van der Waals surface area contributed by atoms with Crippen LogP contribution in [0.15, 0.2) is 0 Å². The van der Waals surface area contributed by atoms with Crippen LogP contribution in [0.25, 0.3) is 0 Å². The van der Waals surface area contributed by atoms with Crippen LogP contribution in [0.3, 0.4) is 0 Å². The number of carbonyl (C=O) groups is 1. The van der Waals surface area contributed by atoms with Crippen LogP contribution in [-0.4, -0.2) is 38.8 Å². The average Bonchev–Trinajstić information content (AvgIpc) is 3.12. The summed E-state index contributed by atoms with van der Waals surface area (Å²) >= 11 is 0. The van der Waals surface area contributed by atoms with Gasteiger partial charge in [0, 0.05) is 19.8 Å². The minimum Gasteiger partial charge on any atom is -0.381 e. The van der Waals surface area contributed by atoms with E-state index in [-0.39, 0.29) is 11.3 Å². The van der Waals surface area contributed by atoms with E-state index in [0.717, 1.165) is 45.1 Å². The fraction of sp³-hybridized carbons (Fsp3) is 0.923. The zero-order valence-electron chi connectivity index (χ0n) is 10.8. The summed E-state index contributed by atoms with van der Waals surface area (Å²) in [6, 6.07) is 0. The molecule has 1 saturated heterocycles. The fourth-order valence-corrected chi connectivity index (χ4v) is 2.13. The Morgan fingerprint density at radius 3 is 2.71 bits per heavy atom. The topological polar surface area (TPSA) is 50.4 Å². The predicted molar refractivity (Wildman–Crippen MR) is 66.8 cm³/mol. The van der Waals surface area contributed by atoms with Gasteiger partial charge in [-0.3, -0.25) is 4.79 Å². The van der Waals surface area contributed by atoms with Gasteiger partial charge in [-0.1, -0.05) is 6.92 Å². The maximum absolute atomic E-state index is 11.6. The second-order valence-corrected chi connectivity index (χ2v) is 5.77. The van der Waals surface area contributed by atoms with Crippen molar-refractivity contribution in [3.05, 3.63) is 0 Å². The Morgan fingerprint density at radius 2 is 2.06 bits per heavy atom. The van der Waals surface area contributed by atoms with Crippen LogP contribution in [-0.2, 0) is 9.53 Å². The van der Waals surface area contributed by atoms with E-state index in [1.807, 2.05) is 0 Å². The van der Waals surface area contributed by atoms with E-state index >= 15 is 0 Å². The van der Waals surface area contributed by atoms with Crippen LogP contribution in [0.4, 0.5) is 0 Å². The molecule has 0 aromatic rings. The maximum Gasteiger partial charge on any atom is 0.233 e. The van der Waals surface area contributed by atoms with Crippen molar-refractivity contribution in [2.45, 2.75) is 32.6 Å². The highest BCUT2D eigenvalue weighted by Crippen LogP contribution is 2.28. The third-order valence-electron chi connectivity index (χ3n) is 3.83. The number of rotatable bonds is 6. The van der Waals surface area contributed by atoms with Gasteiger partial charge < -0.3 is 15.4 Å². The van der Waals surface area contributed by atoms with Crippen molar-refractivity contribution in [2.24, 2.45) is 11.3 Å². The summed E-state index contributed by atoms with van der Waals surface area (Å²) in [5.74, 6) is 0.953. The Kier molecular flexibility index (Phi) is 4.40. The summed E-state index contributed by atoms with van der Waals surface area (Å²) in [6.07, 6.45) is 4.74. The number of ether oxygens (including phenoxy) is 1. The van der Waals surface area contributed by atoms with Gasteiger partial charge in [0.1, 0.15) is 0 Å². The van der Waals surface area contributed by atoms with Crippen molar-refractivity contribution >= 4 is 5.91 Å². The van der Waals surface area contributed by atoms with E-state index in [1.54, 1.807) is 0 Å². The largest absolute Gasteiger partial charge is 0.381 e. The van der Waals surface area contributed by atoms with Crippen molar-refractivity contribution in [1.29, 1.82) is 0 Å². The summed E-state index contributed by atoms with van der Waals surface area (Å²) < 4.78 is 5.34. The van der Waals surface area contributed by atoms with Crippen molar-refractivity contribution < 1.29 is 9.53 Å². The first-order valence-electron chi connectivity index (χ1n) is 6.73. The second kappa shape index (κ2) is 5.83. The van der Waals surface area contributed by atoms with Crippen LogP contribution in [0.2, 0.25) is 0 Å². The standard InChI is InChI=1S/C13H24N2O2/c1-13(4-6-17-7-5-13)10-15-12(16)9-14-8-11-2-3-11/h11,14H,2-10H2,1H3,(H,15,16). The first-order chi connectivity index (χ1) is 8.18. The molecule has 1 aliphatic carbocycles. The minimum absolute atomic E-state index is 0.123. The molecule has 98 valence electrons. The summed E-state index contributed by atoms with van der Waals surface area (Å²) in [4.78, 5) is 11.6. The summed E-state index contributed by atoms with van der Waals surface area (Å²) in [6.45, 7) is 6.12. The predicted octanol–water partition coefficient (Wildman–Crippen LogP) is 0.919. The van der Waals surface area contributed by atoms with Crippen LogP contribution in [0.1, 0.15) is 32.6 Å². The molecule has 0 aromatic carbocycles. The summed E-state index contributed by atoms with van der Waals surface area (Å²) in [5.41, 5.74) is 0.227. The zero-order valence-corrected chi connectivity index (χ0v) is 10.8. The molecule has 2 aliphatic rings. The molecule has 1 amide bonds. The van der Waals surface area contributed by atoms with E-state index in [4.69, 9.17) is 4.74 Å². The van der Waals surface area contributed by atoms with Gasteiger partial charge in [0.2, 0.25) is 5.91 Å². The Hall–Kier alpha value is -0.610. The number of carbonyl (C=O) groups excluding carboxylic acids is 1. The van der Waals surface area contributed by atoms with E-state index in [9.17, 15) is 4.79 Å². The molecular formula is C13H24N2O2. The molecule has 0 aromatic heterocycles. The molecule has 0 unspecified atom stereocenters. The fourth-order valence-electron chi connectivity index (χ4n) is 2.13. The second-order valence-electron chi connectivity index (χ2n) is 5.77. The number of hydrogen-bond acceptors (Lipinski definition) is 3. The number of nitrogens with one attached hydrogen (secondary N) is 2. The Bertz CT molecular complexity index is 258. The molecule has 1 heterocycles. The molecule has 0 spiro atoms. The maximum atomic E-state index is 11.6. The zero-order chi connectivity index (χ0) is 12.1. The first kappa shape index (κ1) is 12.8. The molecule has 0 bridgehead atoms. The van der Waals surface area contributed by atoms with Gasteiger partial charge in [0.25, 0.3) is 0 Å². The number of hydrogen-bond donors (Lipinski definition) is 2. The first-order valence-corrected chi connectivity index (χ1v) is 6.73. The summed E-state index contributed by atoms with van der Waals surface area (Å²) in [5, 5.41) is 6.24. The van der Waals surface area contributed by atoms with Crippen molar-refractivity contribution in [3.63, 3.8) is 0 Å². The highest BCUT2D eigenvalue weighted by atomic mass is 16.5. The van der Waals surface area contributed by atoms with E-state index in [1.165, 1.54) is 12.8 Å². The van der Waals surface area contributed by atoms with E-state index < -0.39 is 0 Å². The SMILES string of the molecule is CC1(CNC(=O)CNCC2CC2)CCOCC1. The average molecular weight is 240 g/mol. The lowest BCUT2D eigenvalue weighted by atomic mass is 9.82. The van der Waals surface area contributed by atoms with Gasteiger partial charge >= 0.3 is 0 Å². The molecule has 0 radical (unpaired) electrons. The van der Waals surface area contributed by atoms with Crippen molar-refractivity contribution in [3.8, 4) is 0 Å². The van der Waals surface area contributed by atoms with E-state index in [2.05, 4.69) is 17.6 Å². The third kappa shape index (κ3) is 4.64. The molecule has 2 N–H and O–H groups in total. The highest BCUT2D eigenvalue weighted by molar-refractivity contribution is 5.78. The van der Waals surface area contributed by atoms with Gasteiger partial charge in [-0.25, -0.2) is 0 Å². The van der Waals surface area contributed by atoms with Gasteiger partial charge in [-0.05, 0) is 43.6 Å². The van der Waals surface area contributed by atoms with Crippen molar-refractivity contribution in [2.75, 3.05) is 32.8 Å². The summed E-state index contributed by atoms with van der Waals surface area (Å²) in [7, 11) is 0. The molecule has 4 nitrogen and oxygen atoms in total. The van der Waals surface area contributed by atoms with Crippen LogP contribution in [0.5, 0.6) is 0 Å². The van der Waals surface area contributed by atoms with E-state index in [0.29, 0.717) is 6.54 Å². The highest BCUT2D eigenvalue weighted by Gasteiger charge is 2.27.